The third kappa shape index (κ3) is 2.30. The first kappa shape index (κ1) is 10.2. The van der Waals surface area contributed by atoms with E-state index in [0.29, 0.717) is 4.90 Å². The number of phenolic OH excluding ortho intramolecular Hbond substituents is 1. The van der Waals surface area contributed by atoms with Crippen molar-refractivity contribution in [2.75, 3.05) is 6.26 Å². The zero-order valence-electron chi connectivity index (χ0n) is 6.72. The Bertz CT molecular complexity index is 309. The SMILES string of the molecule is CSc1ccc(C(F)(F)F)cc1O. The maximum Gasteiger partial charge on any atom is 0.416 e. The van der Waals surface area contributed by atoms with E-state index in [4.69, 9.17) is 5.11 Å². The van der Waals surface area contributed by atoms with Gasteiger partial charge in [-0.1, -0.05) is 0 Å². The standard InChI is InChI=1S/C8H7F3OS/c1-13-7-3-2-5(4-6(7)12)8(9,10)11/h2-4,12H,1H3. The van der Waals surface area contributed by atoms with Gasteiger partial charge in [-0.2, -0.15) is 13.2 Å². The Kier molecular flexibility index (Phi) is 2.75. The van der Waals surface area contributed by atoms with Gasteiger partial charge in [0.1, 0.15) is 5.75 Å². The molecule has 0 aliphatic heterocycles. The fourth-order valence-corrected chi connectivity index (χ4v) is 1.34. The average molecular weight is 208 g/mol. The van der Waals surface area contributed by atoms with Gasteiger partial charge in [0, 0.05) is 4.90 Å². The molecule has 0 radical (unpaired) electrons. The lowest BCUT2D eigenvalue weighted by Gasteiger charge is -2.08. The number of halogens is 3. The number of hydrogen-bond acceptors (Lipinski definition) is 2. The lowest BCUT2D eigenvalue weighted by molar-refractivity contribution is -0.137. The van der Waals surface area contributed by atoms with Gasteiger partial charge in [0.2, 0.25) is 0 Å². The van der Waals surface area contributed by atoms with Crippen molar-refractivity contribution >= 4 is 11.8 Å². The molecular weight excluding hydrogens is 201 g/mol. The monoisotopic (exact) mass is 208 g/mol. The molecule has 72 valence electrons. The molecule has 1 nitrogen and oxygen atoms in total. The Morgan fingerprint density at radius 1 is 1.31 bits per heavy atom. The molecule has 1 rings (SSSR count). The summed E-state index contributed by atoms with van der Waals surface area (Å²) in [5, 5.41) is 9.13. The van der Waals surface area contributed by atoms with E-state index in [0.717, 1.165) is 12.1 Å². The molecule has 1 aromatic rings. The summed E-state index contributed by atoms with van der Waals surface area (Å²) < 4.78 is 36.3. The van der Waals surface area contributed by atoms with Crippen LogP contribution in [-0.4, -0.2) is 11.4 Å². The molecular formula is C8H7F3OS. The molecule has 0 atom stereocenters. The summed E-state index contributed by atoms with van der Waals surface area (Å²) in [6, 6.07) is 2.93. The maximum absolute atomic E-state index is 12.1. The van der Waals surface area contributed by atoms with Gasteiger partial charge in [0.25, 0.3) is 0 Å². The Labute approximate surface area is 77.6 Å². The summed E-state index contributed by atoms with van der Waals surface area (Å²) in [5.41, 5.74) is -0.831. The highest BCUT2D eigenvalue weighted by Crippen LogP contribution is 2.35. The van der Waals surface area contributed by atoms with Crippen molar-refractivity contribution in [3.63, 3.8) is 0 Å². The molecule has 13 heavy (non-hydrogen) atoms. The normalized spacial score (nSPS) is 11.7. The second kappa shape index (κ2) is 3.49. The van der Waals surface area contributed by atoms with Crippen molar-refractivity contribution < 1.29 is 18.3 Å². The van der Waals surface area contributed by atoms with Crippen molar-refractivity contribution in [1.29, 1.82) is 0 Å². The molecule has 0 aliphatic carbocycles. The molecule has 0 unspecified atom stereocenters. The Hall–Kier alpha value is -0.840. The quantitative estimate of drug-likeness (QED) is 0.715. The smallest absolute Gasteiger partial charge is 0.416 e. The van der Waals surface area contributed by atoms with E-state index < -0.39 is 11.7 Å². The van der Waals surface area contributed by atoms with Crippen LogP contribution in [0.5, 0.6) is 5.75 Å². The van der Waals surface area contributed by atoms with Crippen LogP contribution in [-0.2, 0) is 6.18 Å². The van der Waals surface area contributed by atoms with E-state index in [1.807, 2.05) is 0 Å². The number of hydrogen-bond donors (Lipinski definition) is 1. The summed E-state index contributed by atoms with van der Waals surface area (Å²) >= 11 is 1.20. The molecule has 0 amide bonds. The van der Waals surface area contributed by atoms with Crippen LogP contribution in [0.2, 0.25) is 0 Å². The van der Waals surface area contributed by atoms with Gasteiger partial charge in [0.05, 0.1) is 5.56 Å². The first-order chi connectivity index (χ1) is 5.95. The fourth-order valence-electron chi connectivity index (χ4n) is 0.866. The fraction of sp³-hybridized carbons (Fsp3) is 0.250. The Morgan fingerprint density at radius 2 is 1.92 bits per heavy atom. The van der Waals surface area contributed by atoms with Crippen LogP contribution in [0.1, 0.15) is 5.56 Å². The van der Waals surface area contributed by atoms with Crippen molar-refractivity contribution in [2.45, 2.75) is 11.1 Å². The molecule has 1 N–H and O–H groups in total. The average Bonchev–Trinajstić information content (AvgIpc) is 2.02. The van der Waals surface area contributed by atoms with Gasteiger partial charge in [-0.3, -0.25) is 0 Å². The lowest BCUT2D eigenvalue weighted by atomic mass is 10.2. The first-order valence-electron chi connectivity index (χ1n) is 3.39. The molecule has 5 heteroatoms. The number of alkyl halides is 3. The minimum Gasteiger partial charge on any atom is -0.507 e. The molecule has 0 fully saturated rings. The highest BCUT2D eigenvalue weighted by atomic mass is 32.2. The molecule has 0 bridgehead atoms. The highest BCUT2D eigenvalue weighted by molar-refractivity contribution is 7.98. The molecule has 0 heterocycles. The van der Waals surface area contributed by atoms with Crippen molar-refractivity contribution in [3.8, 4) is 5.75 Å². The van der Waals surface area contributed by atoms with Crippen LogP contribution >= 0.6 is 11.8 Å². The predicted molar refractivity (Wildman–Crippen MR) is 44.9 cm³/mol. The van der Waals surface area contributed by atoms with Gasteiger partial charge in [-0.15, -0.1) is 11.8 Å². The maximum atomic E-state index is 12.1. The van der Waals surface area contributed by atoms with E-state index in [1.165, 1.54) is 17.8 Å². The second-order valence-corrected chi connectivity index (χ2v) is 3.23. The van der Waals surface area contributed by atoms with Crippen LogP contribution in [0.25, 0.3) is 0 Å². The molecule has 0 saturated carbocycles. The Balaban J connectivity index is 3.10. The van der Waals surface area contributed by atoms with E-state index in [2.05, 4.69) is 0 Å². The third-order valence-electron chi connectivity index (χ3n) is 1.51. The van der Waals surface area contributed by atoms with Crippen LogP contribution in [0.4, 0.5) is 13.2 Å². The van der Waals surface area contributed by atoms with Crippen LogP contribution in [0, 0.1) is 0 Å². The molecule has 0 aromatic heterocycles. The summed E-state index contributed by atoms with van der Waals surface area (Å²) in [5.74, 6) is -0.331. The zero-order valence-corrected chi connectivity index (χ0v) is 7.54. The highest BCUT2D eigenvalue weighted by Gasteiger charge is 2.30. The molecule has 0 aliphatic rings. The first-order valence-corrected chi connectivity index (χ1v) is 4.62. The van der Waals surface area contributed by atoms with Crippen LogP contribution in [0.15, 0.2) is 23.1 Å². The van der Waals surface area contributed by atoms with Gasteiger partial charge < -0.3 is 5.11 Å². The topological polar surface area (TPSA) is 20.2 Å². The van der Waals surface area contributed by atoms with E-state index in [9.17, 15) is 13.2 Å². The molecule has 1 aromatic carbocycles. The van der Waals surface area contributed by atoms with Gasteiger partial charge in [0.15, 0.2) is 0 Å². The minimum absolute atomic E-state index is 0.331. The molecule has 0 saturated heterocycles. The van der Waals surface area contributed by atoms with Crippen LogP contribution in [0.3, 0.4) is 0 Å². The Morgan fingerprint density at radius 3 is 2.31 bits per heavy atom. The lowest BCUT2D eigenvalue weighted by Crippen LogP contribution is -2.04. The molecule has 0 spiro atoms. The van der Waals surface area contributed by atoms with E-state index in [-0.39, 0.29) is 5.75 Å². The zero-order chi connectivity index (χ0) is 10.1. The number of benzene rings is 1. The largest absolute Gasteiger partial charge is 0.507 e. The number of aromatic hydroxyl groups is 1. The number of phenols is 1. The van der Waals surface area contributed by atoms with Gasteiger partial charge in [-0.25, -0.2) is 0 Å². The summed E-state index contributed by atoms with van der Waals surface area (Å²) in [4.78, 5) is 0.438. The number of rotatable bonds is 1. The van der Waals surface area contributed by atoms with Gasteiger partial charge in [-0.05, 0) is 24.5 Å². The van der Waals surface area contributed by atoms with Crippen molar-refractivity contribution in [1.82, 2.24) is 0 Å². The van der Waals surface area contributed by atoms with E-state index in [1.54, 1.807) is 6.26 Å². The predicted octanol–water partition coefficient (Wildman–Crippen LogP) is 3.13. The van der Waals surface area contributed by atoms with Crippen molar-refractivity contribution in [3.05, 3.63) is 23.8 Å². The summed E-state index contributed by atoms with van der Waals surface area (Å²) in [6.07, 6.45) is -2.71. The second-order valence-electron chi connectivity index (χ2n) is 2.38. The summed E-state index contributed by atoms with van der Waals surface area (Å²) in [6.45, 7) is 0. The summed E-state index contributed by atoms with van der Waals surface area (Å²) in [7, 11) is 0. The number of thioether (sulfide) groups is 1. The third-order valence-corrected chi connectivity index (χ3v) is 2.29. The van der Waals surface area contributed by atoms with Gasteiger partial charge >= 0.3 is 6.18 Å². The van der Waals surface area contributed by atoms with Crippen LogP contribution < -0.4 is 0 Å². The minimum atomic E-state index is -4.39. The van der Waals surface area contributed by atoms with E-state index >= 15 is 0 Å². The van der Waals surface area contributed by atoms with Crippen molar-refractivity contribution in [2.24, 2.45) is 0 Å².